The van der Waals surface area contributed by atoms with Crippen molar-refractivity contribution in [3.05, 3.63) is 70.1 Å². The van der Waals surface area contributed by atoms with E-state index in [0.29, 0.717) is 28.1 Å². The Morgan fingerprint density at radius 2 is 1.51 bits per heavy atom. The Bertz CT molecular complexity index is 1400. The monoisotopic (exact) mass is 560 g/mol. The Hall–Kier alpha value is -3.39. The first-order chi connectivity index (χ1) is 17.4. The van der Waals surface area contributed by atoms with Crippen molar-refractivity contribution in [3.63, 3.8) is 0 Å². The molecule has 0 bridgehead atoms. The summed E-state index contributed by atoms with van der Waals surface area (Å²) in [6.07, 6.45) is -9.13. The highest BCUT2D eigenvalue weighted by atomic mass is 32.2. The van der Waals surface area contributed by atoms with Crippen LogP contribution in [0.2, 0.25) is 0 Å². The molecule has 0 amide bonds. The van der Waals surface area contributed by atoms with Gasteiger partial charge in [-0.3, -0.25) is 9.69 Å². The zero-order valence-corrected chi connectivity index (χ0v) is 20.4. The summed E-state index contributed by atoms with van der Waals surface area (Å²) in [4.78, 5) is 19.3. The first-order valence-electron chi connectivity index (χ1n) is 10.3. The molecule has 3 aliphatic heterocycles. The number of alkyl halides is 6. The minimum atomic E-state index is -5.24. The maximum absolute atomic E-state index is 14.3. The van der Waals surface area contributed by atoms with E-state index in [1.54, 1.807) is 18.2 Å². The number of fused-ring (bicyclic) bond motifs is 4. The number of hydrogen-bond donors (Lipinski definition) is 0. The van der Waals surface area contributed by atoms with Crippen LogP contribution in [0.25, 0.3) is 0 Å². The fraction of sp³-hybridized carbons (Fsp3) is 0.174. The normalized spacial score (nSPS) is 17.8. The second kappa shape index (κ2) is 8.87. The van der Waals surface area contributed by atoms with E-state index in [1.807, 2.05) is 0 Å². The summed E-state index contributed by atoms with van der Waals surface area (Å²) in [7, 11) is 2.64. The van der Waals surface area contributed by atoms with Gasteiger partial charge in [0, 0.05) is 15.9 Å². The minimum Gasteiger partial charge on any atom is -0.495 e. The smallest absolute Gasteiger partial charge is 0.454 e. The van der Waals surface area contributed by atoms with Crippen LogP contribution < -0.4 is 19.4 Å². The summed E-state index contributed by atoms with van der Waals surface area (Å²) < 4.78 is 93.1. The van der Waals surface area contributed by atoms with E-state index in [2.05, 4.69) is 0 Å². The van der Waals surface area contributed by atoms with Crippen molar-refractivity contribution in [2.45, 2.75) is 22.1 Å². The molecule has 0 aliphatic carbocycles. The third-order valence-corrected chi connectivity index (χ3v) is 7.46. The Labute approximate surface area is 214 Å². The third-order valence-electron chi connectivity index (χ3n) is 5.36. The van der Waals surface area contributed by atoms with E-state index in [9.17, 15) is 31.1 Å². The average Bonchev–Trinajstić information content (AvgIpc) is 3.39. The van der Waals surface area contributed by atoms with Crippen molar-refractivity contribution in [1.29, 1.82) is 0 Å². The van der Waals surface area contributed by atoms with Gasteiger partial charge in [-0.05, 0) is 30.3 Å². The van der Waals surface area contributed by atoms with Gasteiger partial charge in [-0.1, -0.05) is 35.7 Å². The number of ether oxygens (including phenoxy) is 2. The van der Waals surface area contributed by atoms with Gasteiger partial charge >= 0.3 is 12.4 Å². The van der Waals surface area contributed by atoms with E-state index in [0.717, 1.165) is 27.8 Å². The molecule has 0 atom stereocenters. The quantitative estimate of drug-likeness (QED) is 0.300. The number of para-hydroxylation sites is 2. The summed E-state index contributed by atoms with van der Waals surface area (Å²) in [5.41, 5.74) is -0.941. The van der Waals surface area contributed by atoms with Gasteiger partial charge in [-0.25, -0.2) is 0 Å². The molecule has 0 N–H and O–H groups in total. The van der Waals surface area contributed by atoms with Crippen LogP contribution >= 0.6 is 23.5 Å². The van der Waals surface area contributed by atoms with Crippen molar-refractivity contribution in [1.82, 2.24) is 0 Å². The van der Waals surface area contributed by atoms with Crippen LogP contribution in [0.5, 0.6) is 11.5 Å². The van der Waals surface area contributed by atoms with Crippen LogP contribution in [0.1, 0.15) is 0 Å². The second-order valence-electron chi connectivity index (χ2n) is 7.58. The number of halogens is 6. The topological polar surface area (TPSA) is 51.2 Å². The fourth-order valence-electron chi connectivity index (χ4n) is 3.81. The summed E-state index contributed by atoms with van der Waals surface area (Å²) in [5, 5.41) is 0.743. The number of anilines is 2. The largest absolute Gasteiger partial charge is 0.495 e. The maximum Gasteiger partial charge on any atom is 0.454 e. The standard InChI is InChI=1S/C23H14F6N2O4S2/c1-33-12-5-3-7-14-19(12)30(17(36-14)10-16(32)23(27,28)29)21-11(22(24,25)26)9-18-31(35-21)20-13(34-2)6-4-8-15(20)37-18/h3-10H,1-2H3/b17-10+. The molecule has 194 valence electrons. The summed E-state index contributed by atoms with van der Waals surface area (Å²) in [6, 6.07) is 9.35. The van der Waals surface area contributed by atoms with Crippen molar-refractivity contribution < 1.29 is 45.4 Å². The molecular formula is C23H14F6N2O4S2. The van der Waals surface area contributed by atoms with Gasteiger partial charge in [-0.2, -0.15) is 31.4 Å². The van der Waals surface area contributed by atoms with Crippen LogP contribution in [-0.4, -0.2) is 32.4 Å². The van der Waals surface area contributed by atoms with Crippen LogP contribution in [0, 0.1) is 0 Å². The Morgan fingerprint density at radius 1 is 0.919 bits per heavy atom. The molecule has 3 aliphatic rings. The van der Waals surface area contributed by atoms with E-state index in [-0.39, 0.29) is 27.4 Å². The second-order valence-corrected chi connectivity index (χ2v) is 9.71. The number of benzene rings is 2. The molecule has 2 aromatic carbocycles. The van der Waals surface area contributed by atoms with Gasteiger partial charge in [0.15, 0.2) is 0 Å². The maximum atomic E-state index is 14.3. The van der Waals surface area contributed by atoms with Gasteiger partial charge in [0.25, 0.3) is 5.78 Å². The van der Waals surface area contributed by atoms with E-state index in [4.69, 9.17) is 14.3 Å². The average molecular weight is 560 g/mol. The Kier molecular flexibility index (Phi) is 6.06. The van der Waals surface area contributed by atoms with Gasteiger partial charge in [0.05, 0.1) is 19.2 Å². The molecule has 5 rings (SSSR count). The van der Waals surface area contributed by atoms with Crippen molar-refractivity contribution in [3.8, 4) is 11.5 Å². The molecule has 0 fully saturated rings. The molecule has 2 aromatic rings. The molecule has 0 saturated carbocycles. The highest BCUT2D eigenvalue weighted by molar-refractivity contribution is 8.04. The van der Waals surface area contributed by atoms with Crippen molar-refractivity contribution in [2.24, 2.45) is 0 Å². The zero-order chi connectivity index (χ0) is 26.7. The van der Waals surface area contributed by atoms with Gasteiger partial charge in [0.2, 0.25) is 5.88 Å². The highest BCUT2D eigenvalue weighted by Gasteiger charge is 2.48. The number of thioether (sulfide) groups is 2. The Balaban J connectivity index is 1.73. The molecule has 14 heteroatoms. The number of carbonyl (C=O) groups is 1. The van der Waals surface area contributed by atoms with Crippen LogP contribution in [0.15, 0.2) is 79.9 Å². The highest BCUT2D eigenvalue weighted by Crippen LogP contribution is 2.58. The molecular weight excluding hydrogens is 546 g/mol. The van der Waals surface area contributed by atoms with Crippen LogP contribution in [-0.2, 0) is 9.63 Å². The van der Waals surface area contributed by atoms with Gasteiger partial charge in [0.1, 0.15) is 33.5 Å². The number of carbonyl (C=O) groups excluding carboxylic acids is 1. The van der Waals surface area contributed by atoms with Gasteiger partial charge < -0.3 is 14.3 Å². The number of nitrogens with zero attached hydrogens (tertiary/aromatic N) is 2. The van der Waals surface area contributed by atoms with Crippen LogP contribution in [0.4, 0.5) is 37.7 Å². The number of hydrogen-bond acceptors (Lipinski definition) is 8. The molecule has 0 saturated heterocycles. The minimum absolute atomic E-state index is 0.00285. The predicted octanol–water partition coefficient (Wildman–Crippen LogP) is 6.76. The summed E-state index contributed by atoms with van der Waals surface area (Å²) in [5.74, 6) is -2.72. The number of methoxy groups -OCH3 is 2. The lowest BCUT2D eigenvalue weighted by atomic mass is 10.2. The lowest BCUT2D eigenvalue weighted by molar-refractivity contribution is -0.165. The van der Waals surface area contributed by atoms with E-state index < -0.39 is 34.6 Å². The predicted molar refractivity (Wildman–Crippen MR) is 124 cm³/mol. The Morgan fingerprint density at radius 3 is 2.08 bits per heavy atom. The molecule has 3 heterocycles. The molecule has 0 spiro atoms. The molecule has 0 unspecified atom stereocenters. The molecule has 0 aromatic heterocycles. The van der Waals surface area contributed by atoms with Crippen molar-refractivity contribution in [2.75, 3.05) is 24.2 Å². The number of allylic oxidation sites excluding steroid dienone is 3. The third kappa shape index (κ3) is 4.27. The lowest BCUT2D eigenvalue weighted by Crippen LogP contribution is -2.35. The number of rotatable bonds is 4. The van der Waals surface area contributed by atoms with Crippen LogP contribution in [0.3, 0.4) is 0 Å². The van der Waals surface area contributed by atoms with Gasteiger partial charge in [-0.15, -0.1) is 0 Å². The number of ketones is 1. The van der Waals surface area contributed by atoms with E-state index in [1.165, 1.54) is 32.4 Å². The first-order valence-corrected chi connectivity index (χ1v) is 11.9. The zero-order valence-electron chi connectivity index (χ0n) is 18.7. The fourth-order valence-corrected chi connectivity index (χ4v) is 5.94. The number of hydroxylamine groups is 1. The lowest BCUT2D eigenvalue weighted by Gasteiger charge is -2.33. The molecule has 37 heavy (non-hydrogen) atoms. The summed E-state index contributed by atoms with van der Waals surface area (Å²) in [6.45, 7) is 0. The van der Waals surface area contributed by atoms with E-state index >= 15 is 0 Å². The SMILES string of the molecule is COc1cccc2c1N1OC(N3/C(=C\C(=O)C(F)(F)F)Sc4cccc(OC)c43)=C(C(F)(F)F)C=C1S2. The first kappa shape index (κ1) is 25.3. The molecule has 0 radical (unpaired) electrons. The van der Waals surface area contributed by atoms with Crippen molar-refractivity contribution >= 4 is 40.7 Å². The molecule has 6 nitrogen and oxygen atoms in total. The summed E-state index contributed by atoms with van der Waals surface area (Å²) >= 11 is 1.68.